The SMILES string of the molecule is CN(CCCCCO)C(=O)/C=C/c1ccc(N(C)C)cc1. The first-order chi connectivity index (χ1) is 10.0. The fraction of sp³-hybridized carbons (Fsp3) is 0.471. The van der Waals surface area contributed by atoms with E-state index in [2.05, 4.69) is 0 Å². The average molecular weight is 290 g/mol. The normalized spacial score (nSPS) is 10.9. The quantitative estimate of drug-likeness (QED) is 0.590. The Balaban J connectivity index is 2.45. The molecule has 0 aliphatic carbocycles. The van der Waals surface area contributed by atoms with E-state index >= 15 is 0 Å². The first-order valence-electron chi connectivity index (χ1n) is 7.36. The van der Waals surface area contributed by atoms with Gasteiger partial charge in [0.15, 0.2) is 0 Å². The van der Waals surface area contributed by atoms with E-state index in [-0.39, 0.29) is 12.5 Å². The third kappa shape index (κ3) is 6.45. The summed E-state index contributed by atoms with van der Waals surface area (Å²) in [5.41, 5.74) is 2.15. The number of hydrogen-bond acceptors (Lipinski definition) is 3. The van der Waals surface area contributed by atoms with Crippen LogP contribution in [0.4, 0.5) is 5.69 Å². The first kappa shape index (κ1) is 17.2. The fourth-order valence-electron chi connectivity index (χ4n) is 1.93. The van der Waals surface area contributed by atoms with Gasteiger partial charge in [-0.2, -0.15) is 0 Å². The highest BCUT2D eigenvalue weighted by atomic mass is 16.2. The van der Waals surface area contributed by atoms with Gasteiger partial charge in [-0.05, 0) is 43.0 Å². The molecule has 0 saturated heterocycles. The molecule has 0 heterocycles. The molecule has 0 atom stereocenters. The predicted molar refractivity (Wildman–Crippen MR) is 88.4 cm³/mol. The van der Waals surface area contributed by atoms with Gasteiger partial charge in [0, 0.05) is 46.1 Å². The van der Waals surface area contributed by atoms with Crippen LogP contribution in [0.2, 0.25) is 0 Å². The molecule has 116 valence electrons. The van der Waals surface area contributed by atoms with Crippen LogP contribution in [0.3, 0.4) is 0 Å². The molecule has 0 fully saturated rings. The van der Waals surface area contributed by atoms with Crippen molar-refractivity contribution in [2.45, 2.75) is 19.3 Å². The number of anilines is 1. The summed E-state index contributed by atoms with van der Waals surface area (Å²) in [5, 5.41) is 8.71. The van der Waals surface area contributed by atoms with Gasteiger partial charge in [-0.15, -0.1) is 0 Å². The Bertz CT molecular complexity index is 452. The van der Waals surface area contributed by atoms with Crippen LogP contribution in [0.15, 0.2) is 30.3 Å². The Morgan fingerprint density at radius 1 is 1.10 bits per heavy atom. The smallest absolute Gasteiger partial charge is 0.246 e. The van der Waals surface area contributed by atoms with E-state index in [1.807, 2.05) is 49.3 Å². The van der Waals surface area contributed by atoms with Gasteiger partial charge < -0.3 is 14.9 Å². The Morgan fingerprint density at radius 3 is 2.33 bits per heavy atom. The van der Waals surface area contributed by atoms with Crippen LogP contribution in [0, 0.1) is 0 Å². The largest absolute Gasteiger partial charge is 0.396 e. The van der Waals surface area contributed by atoms with Crippen molar-refractivity contribution in [3.63, 3.8) is 0 Å². The van der Waals surface area contributed by atoms with E-state index < -0.39 is 0 Å². The topological polar surface area (TPSA) is 43.8 Å². The number of aliphatic hydroxyl groups excluding tert-OH is 1. The third-order valence-corrected chi connectivity index (χ3v) is 3.36. The van der Waals surface area contributed by atoms with E-state index in [0.717, 1.165) is 37.1 Å². The van der Waals surface area contributed by atoms with Crippen LogP contribution in [0.25, 0.3) is 6.08 Å². The van der Waals surface area contributed by atoms with Crippen molar-refractivity contribution in [2.24, 2.45) is 0 Å². The summed E-state index contributed by atoms with van der Waals surface area (Å²) < 4.78 is 0. The zero-order chi connectivity index (χ0) is 15.7. The van der Waals surface area contributed by atoms with Crippen LogP contribution < -0.4 is 4.90 Å². The molecule has 0 unspecified atom stereocenters. The van der Waals surface area contributed by atoms with Crippen LogP contribution in [-0.2, 0) is 4.79 Å². The summed E-state index contributed by atoms with van der Waals surface area (Å²) in [6, 6.07) is 8.06. The summed E-state index contributed by atoms with van der Waals surface area (Å²) in [4.78, 5) is 15.7. The van der Waals surface area contributed by atoms with Gasteiger partial charge >= 0.3 is 0 Å². The standard InChI is InChI=1S/C17H26N2O2/c1-18(2)16-10-7-15(8-11-16)9-12-17(21)19(3)13-5-4-6-14-20/h7-12,20H,4-6,13-14H2,1-3H3/b12-9+. The lowest BCUT2D eigenvalue weighted by Crippen LogP contribution is -2.25. The number of rotatable bonds is 8. The van der Waals surface area contributed by atoms with Crippen LogP contribution in [-0.4, -0.2) is 50.2 Å². The monoisotopic (exact) mass is 290 g/mol. The Morgan fingerprint density at radius 2 is 1.76 bits per heavy atom. The van der Waals surface area contributed by atoms with Crippen LogP contribution >= 0.6 is 0 Å². The maximum atomic E-state index is 11.9. The number of carbonyl (C=O) groups excluding carboxylic acids is 1. The van der Waals surface area contributed by atoms with Crippen molar-refractivity contribution >= 4 is 17.7 Å². The highest BCUT2D eigenvalue weighted by molar-refractivity contribution is 5.91. The van der Waals surface area contributed by atoms with E-state index in [0.29, 0.717) is 0 Å². The maximum absolute atomic E-state index is 11.9. The predicted octanol–water partition coefficient (Wildman–Crippen LogP) is 2.39. The Labute approximate surface area is 127 Å². The molecular weight excluding hydrogens is 264 g/mol. The molecule has 0 aliphatic heterocycles. The van der Waals surface area contributed by atoms with Crippen molar-refractivity contribution in [1.29, 1.82) is 0 Å². The molecule has 0 aliphatic rings. The molecule has 0 aromatic heterocycles. The molecule has 0 saturated carbocycles. The molecule has 4 heteroatoms. The number of carbonyl (C=O) groups is 1. The summed E-state index contributed by atoms with van der Waals surface area (Å²) in [6.45, 7) is 0.948. The minimum atomic E-state index is 0.00989. The first-order valence-corrected chi connectivity index (χ1v) is 7.36. The van der Waals surface area contributed by atoms with Crippen molar-refractivity contribution in [2.75, 3.05) is 39.2 Å². The summed E-state index contributed by atoms with van der Waals surface area (Å²) in [7, 11) is 5.81. The molecule has 4 nitrogen and oxygen atoms in total. The van der Waals surface area contributed by atoms with Gasteiger partial charge in [0.05, 0.1) is 0 Å². The van der Waals surface area contributed by atoms with Gasteiger partial charge in [-0.1, -0.05) is 12.1 Å². The maximum Gasteiger partial charge on any atom is 0.246 e. The lowest BCUT2D eigenvalue weighted by molar-refractivity contribution is -0.124. The van der Waals surface area contributed by atoms with E-state index in [9.17, 15) is 4.79 Å². The molecule has 0 radical (unpaired) electrons. The van der Waals surface area contributed by atoms with E-state index in [4.69, 9.17) is 5.11 Å². The van der Waals surface area contributed by atoms with Gasteiger partial charge in [0.2, 0.25) is 5.91 Å². The molecule has 0 bridgehead atoms. The molecule has 1 amide bonds. The lowest BCUT2D eigenvalue weighted by Gasteiger charge is -2.14. The number of benzene rings is 1. The molecule has 1 rings (SSSR count). The van der Waals surface area contributed by atoms with Gasteiger partial charge in [-0.3, -0.25) is 4.79 Å². The molecule has 1 aromatic carbocycles. The highest BCUT2D eigenvalue weighted by Gasteiger charge is 2.04. The number of likely N-dealkylation sites (N-methyl/N-ethyl adjacent to an activating group) is 1. The Hall–Kier alpha value is -1.81. The van der Waals surface area contributed by atoms with Crippen molar-refractivity contribution in [3.8, 4) is 0 Å². The number of nitrogens with zero attached hydrogens (tertiary/aromatic N) is 2. The molecule has 0 spiro atoms. The second kappa shape index (κ2) is 9.19. The highest BCUT2D eigenvalue weighted by Crippen LogP contribution is 2.13. The summed E-state index contributed by atoms with van der Waals surface area (Å²) in [6.07, 6.45) is 6.12. The number of unbranched alkanes of at least 4 members (excludes halogenated alkanes) is 2. The minimum absolute atomic E-state index is 0.00989. The molecule has 1 aromatic rings. The molecule has 1 N–H and O–H groups in total. The fourth-order valence-corrected chi connectivity index (χ4v) is 1.93. The zero-order valence-corrected chi connectivity index (χ0v) is 13.2. The van der Waals surface area contributed by atoms with E-state index in [1.165, 1.54) is 0 Å². The third-order valence-electron chi connectivity index (χ3n) is 3.36. The van der Waals surface area contributed by atoms with E-state index in [1.54, 1.807) is 18.0 Å². The summed E-state index contributed by atoms with van der Waals surface area (Å²) in [5.74, 6) is 0.00989. The number of aliphatic hydroxyl groups is 1. The van der Waals surface area contributed by atoms with Crippen molar-refractivity contribution < 1.29 is 9.90 Å². The molecule has 21 heavy (non-hydrogen) atoms. The second-order valence-electron chi connectivity index (χ2n) is 5.36. The Kier molecular flexibility index (Phi) is 7.54. The number of amides is 1. The van der Waals surface area contributed by atoms with Crippen LogP contribution in [0.1, 0.15) is 24.8 Å². The van der Waals surface area contributed by atoms with Crippen molar-refractivity contribution in [1.82, 2.24) is 4.90 Å². The van der Waals surface area contributed by atoms with Gasteiger partial charge in [-0.25, -0.2) is 0 Å². The van der Waals surface area contributed by atoms with Crippen molar-refractivity contribution in [3.05, 3.63) is 35.9 Å². The summed E-state index contributed by atoms with van der Waals surface area (Å²) >= 11 is 0. The second-order valence-corrected chi connectivity index (χ2v) is 5.36. The number of hydrogen-bond donors (Lipinski definition) is 1. The van der Waals surface area contributed by atoms with Gasteiger partial charge in [0.25, 0.3) is 0 Å². The van der Waals surface area contributed by atoms with Crippen LogP contribution in [0.5, 0.6) is 0 Å². The zero-order valence-electron chi connectivity index (χ0n) is 13.2. The average Bonchev–Trinajstić information content (AvgIpc) is 2.49. The molecular formula is C17H26N2O2. The van der Waals surface area contributed by atoms with Gasteiger partial charge in [0.1, 0.15) is 0 Å². The lowest BCUT2D eigenvalue weighted by atomic mass is 10.2. The minimum Gasteiger partial charge on any atom is -0.396 e.